The third-order valence-electron chi connectivity index (χ3n) is 4.01. The summed E-state index contributed by atoms with van der Waals surface area (Å²) in [6.07, 6.45) is 3.95. The van der Waals surface area contributed by atoms with Gasteiger partial charge in [-0.15, -0.1) is 0 Å². The Morgan fingerprint density at radius 2 is 2.04 bits per heavy atom. The summed E-state index contributed by atoms with van der Waals surface area (Å²) in [5.41, 5.74) is 0.451. The van der Waals surface area contributed by atoms with Crippen molar-refractivity contribution in [3.05, 3.63) is 47.9 Å². The molecule has 0 unspecified atom stereocenters. The molecule has 1 saturated heterocycles. The second kappa shape index (κ2) is 8.47. The van der Waals surface area contributed by atoms with E-state index in [0.717, 1.165) is 25.7 Å². The summed E-state index contributed by atoms with van der Waals surface area (Å²) in [6, 6.07) is 4.69. The summed E-state index contributed by atoms with van der Waals surface area (Å²) in [6.45, 7) is 6.14. The van der Waals surface area contributed by atoms with E-state index < -0.39 is 29.8 Å². The van der Waals surface area contributed by atoms with Crippen LogP contribution in [0.3, 0.4) is 0 Å². The molecule has 1 aliphatic heterocycles. The van der Waals surface area contributed by atoms with Crippen molar-refractivity contribution in [2.24, 2.45) is 5.92 Å². The van der Waals surface area contributed by atoms with Crippen molar-refractivity contribution in [3.8, 4) is 0 Å². The second-order valence-corrected chi connectivity index (χ2v) is 5.83. The lowest BCUT2D eigenvalue weighted by Crippen LogP contribution is -2.51. The van der Waals surface area contributed by atoms with Gasteiger partial charge in [-0.05, 0) is 12.5 Å². The number of unbranched alkanes of at least 4 members (excludes halogenated alkanes) is 3. The minimum atomic E-state index is -0.870. The van der Waals surface area contributed by atoms with E-state index in [1.807, 2.05) is 0 Å². The highest BCUT2D eigenvalue weighted by atomic mass is 19.1. The monoisotopic (exact) mass is 334 g/mol. The summed E-state index contributed by atoms with van der Waals surface area (Å²) < 4.78 is 19.4. The average molecular weight is 334 g/mol. The molecule has 24 heavy (non-hydrogen) atoms. The van der Waals surface area contributed by atoms with Crippen LogP contribution >= 0.6 is 0 Å². The molecule has 0 radical (unpaired) electrons. The fourth-order valence-corrected chi connectivity index (χ4v) is 2.74. The lowest BCUT2D eigenvalue weighted by molar-refractivity contribution is -0.148. The molecule has 2 amide bonds. The quantitative estimate of drug-likeness (QED) is 0.593. The maximum atomic E-state index is 14.1. The Labute approximate surface area is 141 Å². The van der Waals surface area contributed by atoms with Crippen molar-refractivity contribution >= 4 is 12.0 Å². The molecule has 6 heteroatoms. The zero-order chi connectivity index (χ0) is 17.5. The second-order valence-electron chi connectivity index (χ2n) is 5.83. The Kier molecular flexibility index (Phi) is 6.35. The Hall–Kier alpha value is -2.37. The first-order valence-corrected chi connectivity index (χ1v) is 8.22. The third-order valence-corrected chi connectivity index (χ3v) is 4.01. The highest BCUT2D eigenvalue weighted by Crippen LogP contribution is 2.31. The summed E-state index contributed by atoms with van der Waals surface area (Å²) in [4.78, 5) is 24.2. The maximum Gasteiger partial charge on any atom is 0.319 e. The Morgan fingerprint density at radius 1 is 1.29 bits per heavy atom. The van der Waals surface area contributed by atoms with Gasteiger partial charge in [0, 0.05) is 11.3 Å². The number of benzene rings is 1. The molecule has 0 spiro atoms. The van der Waals surface area contributed by atoms with Gasteiger partial charge in [-0.3, -0.25) is 4.79 Å². The first-order valence-electron chi connectivity index (χ1n) is 8.22. The standard InChI is InChI=1S/C18H23FN2O3/c1-3-4-5-8-11-24-17(22)15-12(2)20-18(23)21-16(15)13-9-6-7-10-14(13)19/h6-7,9-10,15-16H,2-5,8,11H2,1H3,(H2,20,21,23)/t15-,16+/m0/s1. The number of halogens is 1. The smallest absolute Gasteiger partial charge is 0.319 e. The number of carbonyl (C=O) groups excluding carboxylic acids is 2. The summed E-state index contributed by atoms with van der Waals surface area (Å²) in [5, 5.41) is 5.07. The first-order chi connectivity index (χ1) is 11.5. The highest BCUT2D eigenvalue weighted by Gasteiger charge is 2.39. The zero-order valence-corrected chi connectivity index (χ0v) is 13.8. The van der Waals surface area contributed by atoms with E-state index in [9.17, 15) is 14.0 Å². The molecule has 1 aromatic carbocycles. The van der Waals surface area contributed by atoms with E-state index in [1.54, 1.807) is 18.2 Å². The van der Waals surface area contributed by atoms with E-state index in [-0.39, 0.29) is 11.3 Å². The molecule has 1 fully saturated rings. The van der Waals surface area contributed by atoms with Crippen molar-refractivity contribution in [3.63, 3.8) is 0 Å². The van der Waals surface area contributed by atoms with Crippen LogP contribution in [0, 0.1) is 11.7 Å². The molecule has 1 aliphatic rings. The van der Waals surface area contributed by atoms with Crippen LogP contribution < -0.4 is 10.6 Å². The van der Waals surface area contributed by atoms with E-state index >= 15 is 0 Å². The summed E-state index contributed by atoms with van der Waals surface area (Å²) in [5.74, 6) is -1.87. The number of ether oxygens (including phenoxy) is 1. The largest absolute Gasteiger partial charge is 0.465 e. The van der Waals surface area contributed by atoms with E-state index in [4.69, 9.17) is 4.74 Å². The average Bonchev–Trinajstić information content (AvgIpc) is 2.54. The van der Waals surface area contributed by atoms with Crippen molar-refractivity contribution in [2.45, 2.75) is 38.6 Å². The van der Waals surface area contributed by atoms with Gasteiger partial charge >= 0.3 is 12.0 Å². The van der Waals surface area contributed by atoms with E-state index in [2.05, 4.69) is 24.1 Å². The summed E-state index contributed by atoms with van der Waals surface area (Å²) in [7, 11) is 0. The number of amides is 2. The number of hydrogen-bond donors (Lipinski definition) is 2. The molecule has 130 valence electrons. The van der Waals surface area contributed by atoms with Gasteiger partial charge in [0.1, 0.15) is 11.7 Å². The van der Waals surface area contributed by atoms with E-state index in [1.165, 1.54) is 6.07 Å². The van der Waals surface area contributed by atoms with Crippen molar-refractivity contribution < 1.29 is 18.7 Å². The maximum absolute atomic E-state index is 14.1. The molecule has 0 saturated carbocycles. The van der Waals surface area contributed by atoms with Crippen molar-refractivity contribution in [1.82, 2.24) is 10.6 Å². The van der Waals surface area contributed by atoms with Crippen LogP contribution in [-0.2, 0) is 9.53 Å². The topological polar surface area (TPSA) is 67.4 Å². The highest BCUT2D eigenvalue weighted by molar-refractivity contribution is 5.85. The predicted molar refractivity (Wildman–Crippen MR) is 88.5 cm³/mol. The predicted octanol–water partition coefficient (Wildman–Crippen LogP) is 3.43. The van der Waals surface area contributed by atoms with Gasteiger partial charge in [0.15, 0.2) is 0 Å². The summed E-state index contributed by atoms with van der Waals surface area (Å²) >= 11 is 0. The number of rotatable bonds is 7. The number of hydrogen-bond acceptors (Lipinski definition) is 3. The molecular formula is C18H23FN2O3. The van der Waals surface area contributed by atoms with Gasteiger partial charge in [0.2, 0.25) is 0 Å². The molecule has 0 aromatic heterocycles. The van der Waals surface area contributed by atoms with Gasteiger partial charge in [-0.2, -0.15) is 0 Å². The van der Waals surface area contributed by atoms with Crippen LogP contribution in [0.2, 0.25) is 0 Å². The number of nitrogens with one attached hydrogen (secondary N) is 2. The fourth-order valence-electron chi connectivity index (χ4n) is 2.74. The lowest BCUT2D eigenvalue weighted by Gasteiger charge is -2.33. The molecule has 1 aromatic rings. The molecule has 0 aliphatic carbocycles. The zero-order valence-electron chi connectivity index (χ0n) is 13.8. The lowest BCUT2D eigenvalue weighted by atomic mass is 9.89. The van der Waals surface area contributed by atoms with Gasteiger partial charge in [0.05, 0.1) is 12.6 Å². The van der Waals surface area contributed by atoms with Gasteiger partial charge in [-0.1, -0.05) is 51.0 Å². The minimum absolute atomic E-state index is 0.213. The van der Waals surface area contributed by atoms with Crippen LogP contribution in [0.4, 0.5) is 9.18 Å². The van der Waals surface area contributed by atoms with Crippen LogP contribution in [0.25, 0.3) is 0 Å². The first kappa shape index (κ1) is 18.0. The van der Waals surface area contributed by atoms with Crippen LogP contribution in [-0.4, -0.2) is 18.6 Å². The minimum Gasteiger partial charge on any atom is -0.465 e. The molecule has 2 atom stereocenters. The van der Waals surface area contributed by atoms with Gasteiger partial charge in [0.25, 0.3) is 0 Å². The Morgan fingerprint density at radius 3 is 2.75 bits per heavy atom. The Balaban J connectivity index is 2.11. The number of esters is 1. The van der Waals surface area contributed by atoms with Crippen molar-refractivity contribution in [2.75, 3.05) is 6.61 Å². The van der Waals surface area contributed by atoms with Crippen LogP contribution in [0.15, 0.2) is 36.5 Å². The molecule has 2 N–H and O–H groups in total. The molecule has 5 nitrogen and oxygen atoms in total. The van der Waals surface area contributed by atoms with Gasteiger partial charge < -0.3 is 15.4 Å². The normalized spacial score (nSPS) is 20.2. The van der Waals surface area contributed by atoms with E-state index in [0.29, 0.717) is 6.61 Å². The van der Waals surface area contributed by atoms with Crippen molar-refractivity contribution in [1.29, 1.82) is 0 Å². The molecular weight excluding hydrogens is 311 g/mol. The molecule has 0 bridgehead atoms. The third kappa shape index (κ3) is 4.34. The Bertz CT molecular complexity index is 618. The molecule has 2 rings (SSSR count). The van der Waals surface area contributed by atoms with Crippen LogP contribution in [0.1, 0.15) is 44.2 Å². The fraction of sp³-hybridized carbons (Fsp3) is 0.444. The SMILES string of the molecule is C=C1NC(=O)N[C@H](c2ccccc2F)[C@H]1C(=O)OCCCCCC. The molecule has 1 heterocycles. The number of urea groups is 1. The van der Waals surface area contributed by atoms with Crippen LogP contribution in [0.5, 0.6) is 0 Å². The number of carbonyl (C=O) groups is 2. The van der Waals surface area contributed by atoms with Gasteiger partial charge in [-0.25, -0.2) is 9.18 Å².